The van der Waals surface area contributed by atoms with Crippen LogP contribution in [0.1, 0.15) is 24.3 Å². The van der Waals surface area contributed by atoms with Gasteiger partial charge in [-0.25, -0.2) is 0 Å². The molecule has 0 saturated heterocycles. The Kier molecular flexibility index (Phi) is 3.64. The highest BCUT2D eigenvalue weighted by molar-refractivity contribution is 6.22. The van der Waals surface area contributed by atoms with Gasteiger partial charge in [-0.3, -0.25) is 9.79 Å². The van der Waals surface area contributed by atoms with Gasteiger partial charge >= 0.3 is 0 Å². The smallest absolute Gasteiger partial charge is 0.170 e. The summed E-state index contributed by atoms with van der Waals surface area (Å²) in [7, 11) is 1.61. The highest BCUT2D eigenvalue weighted by Gasteiger charge is 2.33. The topological polar surface area (TPSA) is 70.9 Å². The van der Waals surface area contributed by atoms with Crippen LogP contribution in [0.25, 0.3) is 0 Å². The Morgan fingerprint density at radius 1 is 1.33 bits per heavy atom. The van der Waals surface area contributed by atoms with Crippen LogP contribution < -0.4 is 10.1 Å². The number of allylic oxidation sites excluding steroid dienone is 1. The van der Waals surface area contributed by atoms with Gasteiger partial charge in [0, 0.05) is 25.3 Å². The van der Waals surface area contributed by atoms with Gasteiger partial charge in [0.05, 0.1) is 19.2 Å². The van der Waals surface area contributed by atoms with Gasteiger partial charge in [-0.15, -0.1) is 0 Å². The van der Waals surface area contributed by atoms with Gasteiger partial charge < -0.3 is 15.2 Å². The van der Waals surface area contributed by atoms with Crippen LogP contribution >= 0.6 is 0 Å². The number of benzene rings is 1. The molecule has 5 nitrogen and oxygen atoms in total. The number of Topliss-reactive ketones (excluding diaryl/α,β-unsaturated/α-hetero) is 1. The monoisotopic (exact) mass is 286 g/mol. The number of methoxy groups -OCH3 is 1. The molecule has 0 radical (unpaired) electrons. The zero-order valence-corrected chi connectivity index (χ0v) is 11.9. The molecule has 1 atom stereocenters. The maximum absolute atomic E-state index is 12.4. The molecule has 0 bridgehead atoms. The number of nitrogens with zero attached hydrogens (tertiary/aromatic N) is 1. The first-order chi connectivity index (χ1) is 10.2. The molecule has 21 heavy (non-hydrogen) atoms. The summed E-state index contributed by atoms with van der Waals surface area (Å²) in [6.07, 6.45) is 0.794. The predicted octanol–water partition coefficient (Wildman–Crippen LogP) is 1.96. The second-order valence-electron chi connectivity index (χ2n) is 5.25. The number of nitrogens with one attached hydrogen (secondary N) is 1. The molecule has 3 rings (SSSR count). The van der Waals surface area contributed by atoms with Crippen molar-refractivity contribution in [1.29, 1.82) is 0 Å². The molecule has 1 heterocycles. The van der Waals surface area contributed by atoms with Gasteiger partial charge in [-0.2, -0.15) is 0 Å². The SMILES string of the molecule is COc1ccccc1C1CC(=O)C(C2=NCCN2)=C(O)C1. The van der Waals surface area contributed by atoms with Gasteiger partial charge in [0.25, 0.3) is 0 Å². The number of rotatable bonds is 3. The maximum atomic E-state index is 12.4. The fourth-order valence-corrected chi connectivity index (χ4v) is 2.95. The van der Waals surface area contributed by atoms with E-state index in [1.54, 1.807) is 7.11 Å². The molecule has 1 aliphatic heterocycles. The van der Waals surface area contributed by atoms with Crippen LogP contribution in [-0.2, 0) is 4.79 Å². The number of aliphatic hydroxyl groups excluding tert-OH is 1. The Morgan fingerprint density at radius 2 is 2.14 bits per heavy atom. The van der Waals surface area contributed by atoms with Gasteiger partial charge in [0.2, 0.25) is 0 Å². The van der Waals surface area contributed by atoms with E-state index in [1.165, 1.54) is 0 Å². The first-order valence-corrected chi connectivity index (χ1v) is 7.07. The molecule has 1 aromatic carbocycles. The lowest BCUT2D eigenvalue weighted by Crippen LogP contribution is -2.30. The lowest BCUT2D eigenvalue weighted by Gasteiger charge is -2.25. The van der Waals surface area contributed by atoms with Gasteiger partial charge in [-0.05, 0) is 11.6 Å². The van der Waals surface area contributed by atoms with Crippen LogP contribution in [-0.4, -0.2) is 36.9 Å². The van der Waals surface area contributed by atoms with Crippen molar-refractivity contribution in [3.63, 3.8) is 0 Å². The van der Waals surface area contributed by atoms with E-state index >= 15 is 0 Å². The van der Waals surface area contributed by atoms with Gasteiger partial charge in [0.15, 0.2) is 5.78 Å². The van der Waals surface area contributed by atoms with E-state index in [1.807, 2.05) is 24.3 Å². The molecule has 2 aliphatic rings. The van der Waals surface area contributed by atoms with E-state index in [0.29, 0.717) is 30.8 Å². The predicted molar refractivity (Wildman–Crippen MR) is 79.9 cm³/mol. The number of carbonyl (C=O) groups is 1. The van der Waals surface area contributed by atoms with E-state index in [4.69, 9.17) is 4.74 Å². The molecular weight excluding hydrogens is 268 g/mol. The summed E-state index contributed by atoms with van der Waals surface area (Å²) in [6, 6.07) is 7.63. The fraction of sp³-hybridized carbons (Fsp3) is 0.375. The fourth-order valence-electron chi connectivity index (χ4n) is 2.95. The van der Waals surface area contributed by atoms with Crippen LogP contribution in [0, 0.1) is 0 Å². The number of para-hydroxylation sites is 1. The third-order valence-electron chi connectivity index (χ3n) is 3.93. The summed E-state index contributed by atoms with van der Waals surface area (Å²) in [5, 5.41) is 13.3. The summed E-state index contributed by atoms with van der Waals surface area (Å²) >= 11 is 0. The maximum Gasteiger partial charge on any atom is 0.170 e. The Labute approximate surface area is 123 Å². The van der Waals surface area contributed by atoms with Crippen LogP contribution in [0.5, 0.6) is 5.75 Å². The molecule has 110 valence electrons. The summed E-state index contributed by atoms with van der Waals surface area (Å²) in [6.45, 7) is 1.37. The van der Waals surface area contributed by atoms with Crippen molar-refractivity contribution in [1.82, 2.24) is 5.32 Å². The molecule has 0 aromatic heterocycles. The zero-order chi connectivity index (χ0) is 14.8. The van der Waals surface area contributed by atoms with Crippen molar-refractivity contribution in [2.45, 2.75) is 18.8 Å². The standard InChI is InChI=1S/C16H18N2O3/c1-21-14-5-3-2-4-11(14)10-8-12(19)15(13(20)9-10)16-17-6-7-18-16/h2-5,10,19H,6-9H2,1H3,(H,17,18). The summed E-state index contributed by atoms with van der Waals surface area (Å²) < 4.78 is 5.35. The number of hydrogen-bond donors (Lipinski definition) is 2. The third-order valence-corrected chi connectivity index (χ3v) is 3.93. The molecule has 0 spiro atoms. The Bertz CT molecular complexity index is 634. The molecular formula is C16H18N2O3. The van der Waals surface area contributed by atoms with Crippen molar-refractivity contribution in [2.24, 2.45) is 4.99 Å². The Morgan fingerprint density at radius 3 is 2.81 bits per heavy atom. The number of ketones is 1. The van der Waals surface area contributed by atoms with E-state index in [0.717, 1.165) is 17.9 Å². The van der Waals surface area contributed by atoms with Crippen LogP contribution in [0.3, 0.4) is 0 Å². The summed E-state index contributed by atoms with van der Waals surface area (Å²) in [5.41, 5.74) is 1.32. The number of ether oxygens (including phenoxy) is 1. The minimum Gasteiger partial charge on any atom is -0.511 e. The largest absolute Gasteiger partial charge is 0.511 e. The zero-order valence-electron chi connectivity index (χ0n) is 11.9. The van der Waals surface area contributed by atoms with Crippen molar-refractivity contribution in [3.05, 3.63) is 41.2 Å². The van der Waals surface area contributed by atoms with E-state index < -0.39 is 0 Å². The third kappa shape index (κ3) is 2.51. The van der Waals surface area contributed by atoms with Gasteiger partial charge in [0.1, 0.15) is 17.3 Å². The van der Waals surface area contributed by atoms with E-state index in [-0.39, 0.29) is 17.5 Å². The lowest BCUT2D eigenvalue weighted by molar-refractivity contribution is -0.116. The highest BCUT2D eigenvalue weighted by Crippen LogP contribution is 2.38. The molecule has 1 aliphatic carbocycles. The van der Waals surface area contributed by atoms with Crippen LogP contribution in [0.2, 0.25) is 0 Å². The lowest BCUT2D eigenvalue weighted by atomic mass is 9.82. The molecule has 1 aromatic rings. The Hall–Kier alpha value is -2.30. The van der Waals surface area contributed by atoms with Crippen LogP contribution in [0.4, 0.5) is 0 Å². The molecule has 2 N–H and O–H groups in total. The van der Waals surface area contributed by atoms with Crippen molar-refractivity contribution in [2.75, 3.05) is 20.2 Å². The van der Waals surface area contributed by atoms with Gasteiger partial charge in [-0.1, -0.05) is 18.2 Å². The van der Waals surface area contributed by atoms with E-state index in [9.17, 15) is 9.90 Å². The Balaban J connectivity index is 1.91. The highest BCUT2D eigenvalue weighted by atomic mass is 16.5. The molecule has 5 heteroatoms. The summed E-state index contributed by atoms with van der Waals surface area (Å²) in [4.78, 5) is 16.6. The average molecular weight is 286 g/mol. The van der Waals surface area contributed by atoms with Crippen molar-refractivity contribution in [3.8, 4) is 5.75 Å². The number of carbonyl (C=O) groups excluding carboxylic acids is 1. The number of hydrogen-bond acceptors (Lipinski definition) is 5. The second kappa shape index (κ2) is 5.60. The quantitative estimate of drug-likeness (QED) is 0.891. The number of aliphatic imine (C=N–C) groups is 1. The first kappa shape index (κ1) is 13.7. The van der Waals surface area contributed by atoms with Crippen molar-refractivity contribution < 1.29 is 14.6 Å². The van der Waals surface area contributed by atoms with E-state index in [2.05, 4.69) is 10.3 Å². The average Bonchev–Trinajstić information content (AvgIpc) is 3.00. The minimum absolute atomic E-state index is 0.0561. The number of amidine groups is 1. The first-order valence-electron chi connectivity index (χ1n) is 7.07. The number of aliphatic hydroxyl groups is 1. The molecule has 0 amide bonds. The molecule has 0 fully saturated rings. The molecule has 1 unspecified atom stereocenters. The normalized spacial score (nSPS) is 22.0. The van der Waals surface area contributed by atoms with Crippen LogP contribution in [0.15, 0.2) is 40.6 Å². The second-order valence-corrected chi connectivity index (χ2v) is 5.25. The molecule has 0 saturated carbocycles. The van der Waals surface area contributed by atoms with Crippen molar-refractivity contribution >= 4 is 11.6 Å². The summed E-state index contributed by atoms with van der Waals surface area (Å²) in [5.74, 6) is 1.29. The minimum atomic E-state index is -0.0668.